The summed E-state index contributed by atoms with van der Waals surface area (Å²) in [4.78, 5) is 24.0. The maximum Gasteiger partial charge on any atom is 0.321 e. The van der Waals surface area contributed by atoms with Crippen LogP contribution in [0.4, 0.5) is 10.5 Å². The quantitative estimate of drug-likeness (QED) is 0.512. The van der Waals surface area contributed by atoms with Gasteiger partial charge in [0.1, 0.15) is 5.75 Å². The monoisotopic (exact) mass is 410 g/mol. The zero-order valence-corrected chi connectivity index (χ0v) is 16.6. The fourth-order valence-electron chi connectivity index (χ4n) is 3.12. The summed E-state index contributed by atoms with van der Waals surface area (Å²) in [5, 5.41) is 7.88. The highest BCUT2D eigenvalue weighted by atomic mass is 32.2. The zero-order chi connectivity index (χ0) is 20.1. The van der Waals surface area contributed by atoms with E-state index in [1.165, 1.54) is 25.3 Å². The van der Waals surface area contributed by atoms with Crippen molar-refractivity contribution < 1.29 is 22.7 Å². The van der Waals surface area contributed by atoms with Gasteiger partial charge in [0.15, 0.2) is 0 Å². The van der Waals surface area contributed by atoms with Crippen LogP contribution in [0.5, 0.6) is 5.75 Å². The molecule has 0 atom stereocenters. The molecule has 0 saturated heterocycles. The Labute approximate surface area is 164 Å². The van der Waals surface area contributed by atoms with Crippen LogP contribution in [0.15, 0.2) is 23.1 Å². The molecule has 2 saturated carbocycles. The van der Waals surface area contributed by atoms with Crippen molar-refractivity contribution in [3.63, 3.8) is 0 Å². The lowest BCUT2D eigenvalue weighted by Gasteiger charge is -2.14. The number of rotatable bonds is 8. The highest BCUT2D eigenvalue weighted by molar-refractivity contribution is 7.89. The topological polar surface area (TPSA) is 126 Å². The Bertz CT molecular complexity index is 832. The van der Waals surface area contributed by atoms with Crippen LogP contribution in [0.25, 0.3) is 0 Å². The number of sulfonamides is 1. The van der Waals surface area contributed by atoms with E-state index in [-0.39, 0.29) is 23.5 Å². The molecular weight excluding hydrogens is 384 g/mol. The summed E-state index contributed by atoms with van der Waals surface area (Å²) < 4.78 is 32.6. The minimum absolute atomic E-state index is 0.00679. The molecule has 0 bridgehead atoms. The van der Waals surface area contributed by atoms with Gasteiger partial charge in [-0.2, -0.15) is 0 Å². The highest BCUT2D eigenvalue weighted by Gasteiger charge is 2.28. The molecule has 0 unspecified atom stereocenters. The second-order valence-electron chi connectivity index (χ2n) is 7.11. The number of ether oxygens (including phenoxy) is 1. The molecule has 0 heterocycles. The molecule has 2 aliphatic carbocycles. The Morgan fingerprint density at radius 3 is 2.46 bits per heavy atom. The Kier molecular flexibility index (Phi) is 6.40. The first-order valence-electron chi connectivity index (χ1n) is 9.42. The summed E-state index contributed by atoms with van der Waals surface area (Å²) in [5.41, 5.74) is 0.354. The number of hydrogen-bond acceptors (Lipinski definition) is 6. The van der Waals surface area contributed by atoms with Gasteiger partial charge in [-0.25, -0.2) is 17.9 Å². The maximum absolute atomic E-state index is 12.4. The average Bonchev–Trinajstić information content (AvgIpc) is 3.30. The minimum atomic E-state index is -3.63. The molecule has 28 heavy (non-hydrogen) atoms. The van der Waals surface area contributed by atoms with Gasteiger partial charge in [-0.05, 0) is 43.9 Å². The largest absolute Gasteiger partial charge is 0.495 e. The van der Waals surface area contributed by atoms with Gasteiger partial charge in [-0.1, -0.05) is 12.8 Å². The lowest BCUT2D eigenvalue weighted by Crippen LogP contribution is -2.45. The number of carbonyl (C=O) groups is 2. The summed E-state index contributed by atoms with van der Waals surface area (Å²) in [6.07, 6.45) is 5.68. The van der Waals surface area contributed by atoms with Gasteiger partial charge in [0.25, 0.3) is 0 Å². The van der Waals surface area contributed by atoms with Crippen LogP contribution in [0.3, 0.4) is 0 Å². The molecular formula is C18H26N4O5S. The fraction of sp³-hybridized carbons (Fsp3) is 0.556. The lowest BCUT2D eigenvalue weighted by atomic mass is 10.2. The summed E-state index contributed by atoms with van der Waals surface area (Å²) in [6.45, 7) is -0.200. The molecule has 10 heteroatoms. The first-order chi connectivity index (χ1) is 13.4. The molecule has 0 aromatic heterocycles. The van der Waals surface area contributed by atoms with Crippen molar-refractivity contribution in [3.8, 4) is 5.75 Å². The molecule has 9 nitrogen and oxygen atoms in total. The van der Waals surface area contributed by atoms with Crippen LogP contribution in [0.1, 0.15) is 38.5 Å². The first kappa shape index (κ1) is 20.4. The van der Waals surface area contributed by atoms with Crippen molar-refractivity contribution >= 4 is 27.6 Å². The van der Waals surface area contributed by atoms with E-state index >= 15 is 0 Å². The van der Waals surface area contributed by atoms with Crippen molar-refractivity contribution in [1.82, 2.24) is 15.4 Å². The SMILES string of the molecule is COc1ccc(S(=O)(=O)NC2CC2)cc1NCC(=O)NC(=O)NC1CCCC1. The molecule has 0 radical (unpaired) electrons. The predicted octanol–water partition coefficient (Wildman–Crippen LogP) is 1.32. The third-order valence-corrected chi connectivity index (χ3v) is 6.28. The van der Waals surface area contributed by atoms with E-state index in [2.05, 4.69) is 20.7 Å². The molecule has 0 aliphatic heterocycles. The van der Waals surface area contributed by atoms with Crippen molar-refractivity contribution in [3.05, 3.63) is 18.2 Å². The third-order valence-electron chi connectivity index (χ3n) is 4.76. The van der Waals surface area contributed by atoms with Gasteiger partial charge in [-0.15, -0.1) is 0 Å². The van der Waals surface area contributed by atoms with Crippen molar-refractivity contribution in [2.45, 2.75) is 55.5 Å². The third kappa shape index (κ3) is 5.59. The van der Waals surface area contributed by atoms with Gasteiger partial charge in [0.05, 0.1) is 24.2 Å². The number of urea groups is 1. The Morgan fingerprint density at radius 1 is 1.11 bits per heavy atom. The number of anilines is 1. The smallest absolute Gasteiger partial charge is 0.321 e. The predicted molar refractivity (Wildman–Crippen MR) is 104 cm³/mol. The van der Waals surface area contributed by atoms with E-state index in [4.69, 9.17) is 4.74 Å². The molecule has 2 aliphatic rings. The molecule has 1 aromatic carbocycles. The molecule has 3 amide bonds. The van der Waals surface area contributed by atoms with Gasteiger partial charge in [-0.3, -0.25) is 10.1 Å². The van der Waals surface area contributed by atoms with Crippen LogP contribution in [0, 0.1) is 0 Å². The van der Waals surface area contributed by atoms with Gasteiger partial charge in [0.2, 0.25) is 15.9 Å². The minimum Gasteiger partial charge on any atom is -0.495 e. The van der Waals surface area contributed by atoms with E-state index in [9.17, 15) is 18.0 Å². The van der Waals surface area contributed by atoms with Gasteiger partial charge >= 0.3 is 6.03 Å². The van der Waals surface area contributed by atoms with Crippen LogP contribution in [-0.4, -0.2) is 46.1 Å². The van der Waals surface area contributed by atoms with Gasteiger partial charge in [0, 0.05) is 12.1 Å². The molecule has 154 valence electrons. The molecule has 0 spiro atoms. The van der Waals surface area contributed by atoms with Crippen LogP contribution in [0.2, 0.25) is 0 Å². The van der Waals surface area contributed by atoms with E-state index in [0.29, 0.717) is 11.4 Å². The van der Waals surface area contributed by atoms with Crippen LogP contribution in [-0.2, 0) is 14.8 Å². The number of methoxy groups -OCH3 is 1. The van der Waals surface area contributed by atoms with Crippen molar-refractivity contribution in [2.24, 2.45) is 0 Å². The number of benzene rings is 1. The van der Waals surface area contributed by atoms with Gasteiger partial charge < -0.3 is 15.4 Å². The van der Waals surface area contributed by atoms with E-state index in [1.54, 1.807) is 0 Å². The number of nitrogens with one attached hydrogen (secondary N) is 4. The molecule has 1 aromatic rings. The second-order valence-corrected chi connectivity index (χ2v) is 8.83. The first-order valence-corrected chi connectivity index (χ1v) is 10.9. The number of amides is 3. The summed E-state index contributed by atoms with van der Waals surface area (Å²) in [5.74, 6) is -0.129. The Hall–Kier alpha value is -2.33. The van der Waals surface area contributed by atoms with Crippen molar-refractivity contribution in [1.29, 1.82) is 0 Å². The van der Waals surface area contributed by atoms with Crippen LogP contribution < -0.4 is 25.4 Å². The number of hydrogen-bond donors (Lipinski definition) is 4. The lowest BCUT2D eigenvalue weighted by molar-refractivity contribution is -0.118. The Morgan fingerprint density at radius 2 is 1.82 bits per heavy atom. The van der Waals surface area contributed by atoms with E-state index < -0.39 is 22.0 Å². The van der Waals surface area contributed by atoms with Crippen LogP contribution >= 0.6 is 0 Å². The van der Waals surface area contributed by atoms with Crippen molar-refractivity contribution in [2.75, 3.05) is 19.0 Å². The zero-order valence-electron chi connectivity index (χ0n) is 15.8. The molecule has 4 N–H and O–H groups in total. The van der Waals surface area contributed by atoms with E-state index in [1.807, 2.05) is 0 Å². The van der Waals surface area contributed by atoms with E-state index in [0.717, 1.165) is 38.5 Å². The second kappa shape index (κ2) is 8.78. The summed E-state index contributed by atoms with van der Waals surface area (Å²) >= 11 is 0. The summed E-state index contributed by atoms with van der Waals surface area (Å²) in [6, 6.07) is 3.97. The fourth-order valence-corrected chi connectivity index (χ4v) is 4.45. The number of carbonyl (C=O) groups excluding carboxylic acids is 2. The standard InChI is InChI=1S/C18H26N4O5S/c1-27-16-9-8-14(28(25,26)22-13-6-7-13)10-15(16)19-11-17(23)21-18(24)20-12-4-2-3-5-12/h8-10,12-13,19,22H,2-7,11H2,1H3,(H2,20,21,23,24). The Balaban J connectivity index is 1.58. The normalized spacial score (nSPS) is 17.2. The maximum atomic E-state index is 12.4. The molecule has 2 fully saturated rings. The summed E-state index contributed by atoms with van der Waals surface area (Å²) in [7, 11) is -2.18. The number of imide groups is 1. The highest BCUT2D eigenvalue weighted by Crippen LogP contribution is 2.29. The average molecular weight is 410 g/mol. The molecule has 3 rings (SSSR count).